The van der Waals surface area contributed by atoms with Crippen molar-refractivity contribution in [1.29, 1.82) is 0 Å². The quantitative estimate of drug-likeness (QED) is 0.701. The molecule has 0 radical (unpaired) electrons. The molecule has 4 nitrogen and oxygen atoms in total. The Kier molecular flexibility index (Phi) is 4.23. The van der Waals surface area contributed by atoms with Crippen LogP contribution in [0, 0.1) is 0 Å². The van der Waals surface area contributed by atoms with Gasteiger partial charge < -0.3 is 16.0 Å². The third kappa shape index (κ3) is 3.24. The van der Waals surface area contributed by atoms with E-state index in [-0.39, 0.29) is 5.91 Å². The lowest BCUT2D eigenvalue weighted by atomic mass is 10.2. The largest absolute Gasteiger partial charge is 0.370 e. The number of carbonyl (C=O) groups is 1. The standard InChI is InChI=1S/C13H16ClN3O/c14-10-3-4-11-9(8-17-12(11)6-10)7-16-5-1-2-13(15)18/h3-4,6,8,16-17H,1-2,5,7H2,(H2,15,18). The second-order valence-electron chi connectivity index (χ2n) is 4.25. The van der Waals surface area contributed by atoms with E-state index in [4.69, 9.17) is 17.3 Å². The minimum absolute atomic E-state index is 0.251. The maximum atomic E-state index is 10.6. The van der Waals surface area contributed by atoms with Crippen LogP contribution in [-0.4, -0.2) is 17.4 Å². The van der Waals surface area contributed by atoms with Gasteiger partial charge in [0.1, 0.15) is 0 Å². The van der Waals surface area contributed by atoms with Crippen LogP contribution in [0.2, 0.25) is 5.02 Å². The van der Waals surface area contributed by atoms with Gasteiger partial charge in [-0.3, -0.25) is 4.79 Å². The lowest BCUT2D eigenvalue weighted by Gasteiger charge is -2.02. The van der Waals surface area contributed by atoms with E-state index in [1.54, 1.807) is 0 Å². The Morgan fingerprint density at radius 2 is 2.28 bits per heavy atom. The Balaban J connectivity index is 1.90. The van der Waals surface area contributed by atoms with Gasteiger partial charge >= 0.3 is 0 Å². The number of aromatic amines is 1. The lowest BCUT2D eigenvalue weighted by Crippen LogP contribution is -2.18. The number of amides is 1. The van der Waals surface area contributed by atoms with E-state index in [2.05, 4.69) is 10.3 Å². The molecule has 96 valence electrons. The molecule has 0 unspecified atom stereocenters. The van der Waals surface area contributed by atoms with E-state index in [1.807, 2.05) is 24.4 Å². The molecule has 0 aliphatic rings. The fourth-order valence-corrected chi connectivity index (χ4v) is 2.09. The molecule has 18 heavy (non-hydrogen) atoms. The molecular formula is C13H16ClN3O. The number of carbonyl (C=O) groups excluding carboxylic acids is 1. The van der Waals surface area contributed by atoms with Crippen LogP contribution >= 0.6 is 11.6 Å². The average Bonchev–Trinajstić information content (AvgIpc) is 2.70. The van der Waals surface area contributed by atoms with E-state index in [0.29, 0.717) is 6.42 Å². The van der Waals surface area contributed by atoms with Crippen LogP contribution in [0.25, 0.3) is 10.9 Å². The summed E-state index contributed by atoms with van der Waals surface area (Å²) in [6.45, 7) is 1.55. The predicted molar refractivity (Wildman–Crippen MR) is 73.4 cm³/mol. The van der Waals surface area contributed by atoms with Gasteiger partial charge in [-0.15, -0.1) is 0 Å². The number of aromatic nitrogens is 1. The van der Waals surface area contributed by atoms with E-state index in [1.165, 1.54) is 10.9 Å². The Morgan fingerprint density at radius 1 is 1.44 bits per heavy atom. The predicted octanol–water partition coefficient (Wildman–Crippen LogP) is 2.18. The van der Waals surface area contributed by atoms with Gasteiger partial charge in [0.25, 0.3) is 0 Å². The molecule has 0 bridgehead atoms. The molecule has 0 fully saturated rings. The lowest BCUT2D eigenvalue weighted by molar-refractivity contribution is -0.118. The minimum atomic E-state index is -0.251. The zero-order valence-corrected chi connectivity index (χ0v) is 10.8. The van der Waals surface area contributed by atoms with Crippen molar-refractivity contribution in [3.8, 4) is 0 Å². The average molecular weight is 266 g/mol. The first-order valence-corrected chi connectivity index (χ1v) is 6.29. The minimum Gasteiger partial charge on any atom is -0.370 e. The highest BCUT2D eigenvalue weighted by atomic mass is 35.5. The number of nitrogens with two attached hydrogens (primary N) is 1. The summed E-state index contributed by atoms with van der Waals surface area (Å²) < 4.78 is 0. The van der Waals surface area contributed by atoms with E-state index < -0.39 is 0 Å². The summed E-state index contributed by atoms with van der Waals surface area (Å²) in [7, 11) is 0. The molecule has 0 spiro atoms. The van der Waals surface area contributed by atoms with Crippen molar-refractivity contribution in [3.63, 3.8) is 0 Å². The summed E-state index contributed by atoms with van der Waals surface area (Å²) in [5, 5.41) is 5.18. The van der Waals surface area contributed by atoms with Gasteiger partial charge in [0, 0.05) is 35.1 Å². The van der Waals surface area contributed by atoms with Gasteiger partial charge in [-0.05, 0) is 30.7 Å². The van der Waals surface area contributed by atoms with Crippen molar-refractivity contribution in [2.45, 2.75) is 19.4 Å². The first kappa shape index (κ1) is 12.9. The van der Waals surface area contributed by atoms with E-state index in [0.717, 1.165) is 30.0 Å². The van der Waals surface area contributed by atoms with Gasteiger partial charge in [0.2, 0.25) is 5.91 Å². The number of hydrogen-bond donors (Lipinski definition) is 3. The van der Waals surface area contributed by atoms with Crippen molar-refractivity contribution in [2.24, 2.45) is 5.73 Å². The number of primary amides is 1. The molecule has 1 heterocycles. The molecular weight excluding hydrogens is 250 g/mol. The molecule has 0 aliphatic heterocycles. The Bertz CT molecular complexity index is 550. The van der Waals surface area contributed by atoms with Crippen LogP contribution in [0.4, 0.5) is 0 Å². The normalized spacial score (nSPS) is 10.9. The number of benzene rings is 1. The highest BCUT2D eigenvalue weighted by Crippen LogP contribution is 2.21. The zero-order valence-electron chi connectivity index (χ0n) is 10.0. The van der Waals surface area contributed by atoms with Crippen molar-refractivity contribution >= 4 is 28.4 Å². The van der Waals surface area contributed by atoms with Gasteiger partial charge in [-0.25, -0.2) is 0 Å². The molecule has 5 heteroatoms. The Morgan fingerprint density at radius 3 is 3.06 bits per heavy atom. The molecule has 4 N–H and O–H groups in total. The summed E-state index contributed by atoms with van der Waals surface area (Å²) in [4.78, 5) is 13.8. The smallest absolute Gasteiger partial charge is 0.217 e. The van der Waals surface area contributed by atoms with Crippen molar-refractivity contribution < 1.29 is 4.79 Å². The molecule has 0 atom stereocenters. The molecule has 0 saturated heterocycles. The van der Waals surface area contributed by atoms with Crippen LogP contribution in [0.3, 0.4) is 0 Å². The van der Waals surface area contributed by atoms with Crippen LogP contribution in [0.5, 0.6) is 0 Å². The van der Waals surface area contributed by atoms with Gasteiger partial charge in [-0.2, -0.15) is 0 Å². The van der Waals surface area contributed by atoms with Crippen LogP contribution in [-0.2, 0) is 11.3 Å². The number of rotatable bonds is 6. The van der Waals surface area contributed by atoms with Crippen LogP contribution < -0.4 is 11.1 Å². The number of halogens is 1. The van der Waals surface area contributed by atoms with Crippen molar-refractivity contribution in [2.75, 3.05) is 6.54 Å². The molecule has 0 saturated carbocycles. The van der Waals surface area contributed by atoms with Crippen LogP contribution in [0.1, 0.15) is 18.4 Å². The third-order valence-electron chi connectivity index (χ3n) is 2.82. The number of nitrogens with one attached hydrogen (secondary N) is 2. The second kappa shape index (κ2) is 5.89. The van der Waals surface area contributed by atoms with Crippen molar-refractivity contribution in [3.05, 3.63) is 35.0 Å². The first-order valence-electron chi connectivity index (χ1n) is 5.91. The maximum absolute atomic E-state index is 10.6. The number of fused-ring (bicyclic) bond motifs is 1. The van der Waals surface area contributed by atoms with Gasteiger partial charge in [0.15, 0.2) is 0 Å². The molecule has 1 aromatic carbocycles. The maximum Gasteiger partial charge on any atom is 0.217 e. The summed E-state index contributed by atoms with van der Waals surface area (Å²) >= 11 is 5.92. The second-order valence-corrected chi connectivity index (χ2v) is 4.69. The molecule has 1 aromatic heterocycles. The first-order chi connectivity index (χ1) is 8.66. The highest BCUT2D eigenvalue weighted by Gasteiger charge is 2.03. The Labute approximate surface area is 111 Å². The zero-order chi connectivity index (χ0) is 13.0. The van der Waals surface area contributed by atoms with E-state index >= 15 is 0 Å². The summed E-state index contributed by atoms with van der Waals surface area (Å²) in [5.41, 5.74) is 7.31. The number of H-pyrrole nitrogens is 1. The monoisotopic (exact) mass is 265 g/mol. The van der Waals surface area contributed by atoms with Gasteiger partial charge in [-0.1, -0.05) is 17.7 Å². The highest BCUT2D eigenvalue weighted by molar-refractivity contribution is 6.31. The van der Waals surface area contributed by atoms with E-state index in [9.17, 15) is 4.79 Å². The van der Waals surface area contributed by atoms with Crippen molar-refractivity contribution in [1.82, 2.24) is 10.3 Å². The molecule has 2 aromatic rings. The molecule has 1 amide bonds. The summed E-state index contributed by atoms with van der Waals surface area (Å²) in [6, 6.07) is 5.80. The third-order valence-corrected chi connectivity index (χ3v) is 3.06. The number of hydrogen-bond acceptors (Lipinski definition) is 2. The summed E-state index contributed by atoms with van der Waals surface area (Å²) in [6.07, 6.45) is 3.17. The molecule has 2 rings (SSSR count). The SMILES string of the molecule is NC(=O)CCCNCc1c[nH]c2cc(Cl)ccc12. The Hall–Kier alpha value is -1.52. The fourth-order valence-electron chi connectivity index (χ4n) is 1.92. The van der Waals surface area contributed by atoms with Crippen LogP contribution in [0.15, 0.2) is 24.4 Å². The molecule has 0 aliphatic carbocycles. The van der Waals surface area contributed by atoms with Gasteiger partial charge in [0.05, 0.1) is 0 Å². The topological polar surface area (TPSA) is 70.9 Å². The fraction of sp³-hybridized carbons (Fsp3) is 0.308. The summed E-state index contributed by atoms with van der Waals surface area (Å²) in [5.74, 6) is -0.251.